The van der Waals surface area contributed by atoms with Gasteiger partial charge in [-0.25, -0.2) is 15.0 Å². The van der Waals surface area contributed by atoms with Crippen LogP contribution < -0.4 is 0 Å². The average molecular weight is 751 g/mol. The highest BCUT2D eigenvalue weighted by Crippen LogP contribution is 2.43. The molecule has 0 saturated heterocycles. The van der Waals surface area contributed by atoms with E-state index in [1.54, 1.807) is 0 Å². The molecule has 0 saturated carbocycles. The van der Waals surface area contributed by atoms with Gasteiger partial charge in [-0.05, 0) is 64.0 Å². The maximum absolute atomic E-state index is 5.42. The molecular formula is C55H34N4. The Morgan fingerprint density at radius 2 is 0.949 bits per heavy atom. The maximum Gasteiger partial charge on any atom is 0.161 e. The van der Waals surface area contributed by atoms with Gasteiger partial charge in [-0.1, -0.05) is 164 Å². The van der Waals surface area contributed by atoms with Gasteiger partial charge >= 0.3 is 0 Å². The lowest BCUT2D eigenvalue weighted by Crippen LogP contribution is -1.97. The Kier molecular flexibility index (Phi) is 7.50. The summed E-state index contributed by atoms with van der Waals surface area (Å²) < 4.78 is 2.38. The lowest BCUT2D eigenvalue weighted by atomic mass is 9.95. The van der Waals surface area contributed by atoms with Crippen molar-refractivity contribution in [3.8, 4) is 50.8 Å². The Bertz CT molecular complexity index is 3510. The smallest absolute Gasteiger partial charge is 0.161 e. The van der Waals surface area contributed by atoms with Gasteiger partial charge in [0, 0.05) is 54.9 Å². The van der Waals surface area contributed by atoms with Crippen molar-refractivity contribution in [1.29, 1.82) is 0 Å². The van der Waals surface area contributed by atoms with Crippen LogP contribution in [0.25, 0.3) is 116 Å². The number of aromatic nitrogens is 4. The van der Waals surface area contributed by atoms with Gasteiger partial charge in [0.1, 0.15) is 0 Å². The van der Waals surface area contributed by atoms with E-state index in [4.69, 9.17) is 15.0 Å². The number of benzene rings is 9. The molecule has 4 heteroatoms. The minimum atomic E-state index is 0.694. The predicted molar refractivity (Wildman–Crippen MR) is 246 cm³/mol. The van der Waals surface area contributed by atoms with Crippen molar-refractivity contribution in [3.05, 3.63) is 206 Å². The molecule has 12 aromatic rings. The van der Waals surface area contributed by atoms with Crippen LogP contribution in [0.2, 0.25) is 0 Å². The highest BCUT2D eigenvalue weighted by atomic mass is 15.0. The zero-order valence-corrected chi connectivity index (χ0v) is 31.9. The molecule has 0 bridgehead atoms. The summed E-state index contributed by atoms with van der Waals surface area (Å²) in [4.78, 5) is 16.1. The third-order valence-corrected chi connectivity index (χ3v) is 11.8. The fourth-order valence-electron chi connectivity index (χ4n) is 9.12. The minimum Gasteiger partial charge on any atom is -0.309 e. The summed E-state index contributed by atoms with van der Waals surface area (Å²) in [6.07, 6.45) is 0. The van der Waals surface area contributed by atoms with E-state index in [1.165, 1.54) is 32.6 Å². The van der Waals surface area contributed by atoms with Crippen LogP contribution in [0.5, 0.6) is 0 Å². The first kappa shape index (κ1) is 33.2. The van der Waals surface area contributed by atoms with Gasteiger partial charge in [0.2, 0.25) is 0 Å². The Morgan fingerprint density at radius 1 is 0.339 bits per heavy atom. The van der Waals surface area contributed by atoms with Crippen molar-refractivity contribution in [2.24, 2.45) is 0 Å². The second kappa shape index (κ2) is 13.3. The Balaban J connectivity index is 1.11. The normalized spacial score (nSPS) is 11.7. The second-order valence-corrected chi connectivity index (χ2v) is 15.1. The van der Waals surface area contributed by atoms with Crippen molar-refractivity contribution in [2.75, 3.05) is 0 Å². The molecule has 0 atom stereocenters. The first-order valence-electron chi connectivity index (χ1n) is 20.0. The third kappa shape index (κ3) is 5.34. The average Bonchev–Trinajstić information content (AvgIpc) is 3.65. The Morgan fingerprint density at radius 3 is 1.76 bits per heavy atom. The summed E-state index contributed by atoms with van der Waals surface area (Å²) in [6, 6.07) is 73.1. The van der Waals surface area contributed by atoms with E-state index in [9.17, 15) is 0 Å². The quantitative estimate of drug-likeness (QED) is 0.165. The van der Waals surface area contributed by atoms with E-state index in [1.807, 2.05) is 0 Å². The fourth-order valence-corrected chi connectivity index (χ4v) is 9.12. The molecule has 274 valence electrons. The van der Waals surface area contributed by atoms with E-state index in [0.717, 1.165) is 77.5 Å². The molecule has 0 aliphatic rings. The van der Waals surface area contributed by atoms with Crippen molar-refractivity contribution >= 4 is 65.0 Å². The summed E-state index contributed by atoms with van der Waals surface area (Å²) in [5, 5.41) is 10.5. The van der Waals surface area contributed by atoms with E-state index in [0.29, 0.717) is 5.82 Å². The van der Waals surface area contributed by atoms with Crippen LogP contribution in [-0.2, 0) is 0 Å². The summed E-state index contributed by atoms with van der Waals surface area (Å²) in [6.45, 7) is 0. The van der Waals surface area contributed by atoms with Crippen LogP contribution in [0, 0.1) is 0 Å². The molecule has 0 fully saturated rings. The molecule has 0 aliphatic heterocycles. The Hall–Kier alpha value is -7.95. The highest BCUT2D eigenvalue weighted by Gasteiger charge is 2.20. The fraction of sp³-hybridized carbons (Fsp3) is 0. The number of hydrogen-bond donors (Lipinski definition) is 0. The number of nitrogens with zero attached hydrogens (tertiary/aromatic N) is 4. The molecular weight excluding hydrogens is 717 g/mol. The first-order valence-corrected chi connectivity index (χ1v) is 20.0. The number of fused-ring (bicyclic) bond motifs is 9. The predicted octanol–water partition coefficient (Wildman–Crippen LogP) is 14.2. The van der Waals surface area contributed by atoms with Gasteiger partial charge in [-0.2, -0.15) is 0 Å². The standard InChI is InChI=1S/C55H34N4/c1-2-21-39(22-3-1)59-50-30-11-9-26-45(50)53-51(59)32-31-46-52(53)44-25-8-10-29-47(44)56-54(46)38-20-12-19-37(33-38)48-34-49(42-27-13-17-35-15-4-6-23-40(35)42)58-55(57-48)43-28-14-18-36-16-5-7-24-41(36)43/h1-34H. The van der Waals surface area contributed by atoms with Crippen LogP contribution in [0.4, 0.5) is 0 Å². The monoisotopic (exact) mass is 750 g/mol. The molecule has 0 aliphatic carbocycles. The molecule has 59 heavy (non-hydrogen) atoms. The van der Waals surface area contributed by atoms with E-state index in [-0.39, 0.29) is 0 Å². The number of para-hydroxylation sites is 3. The van der Waals surface area contributed by atoms with Crippen LogP contribution in [0.3, 0.4) is 0 Å². The molecule has 12 rings (SSSR count). The summed E-state index contributed by atoms with van der Waals surface area (Å²) >= 11 is 0. The van der Waals surface area contributed by atoms with Gasteiger partial charge in [0.25, 0.3) is 0 Å². The molecule has 9 aromatic carbocycles. The van der Waals surface area contributed by atoms with Crippen LogP contribution in [0.15, 0.2) is 206 Å². The molecule has 3 aromatic heterocycles. The van der Waals surface area contributed by atoms with Gasteiger partial charge in [-0.15, -0.1) is 0 Å². The molecule has 0 spiro atoms. The van der Waals surface area contributed by atoms with Crippen LogP contribution >= 0.6 is 0 Å². The highest BCUT2D eigenvalue weighted by molar-refractivity contribution is 6.29. The van der Waals surface area contributed by atoms with Crippen molar-refractivity contribution in [3.63, 3.8) is 0 Å². The van der Waals surface area contributed by atoms with Crippen LogP contribution in [-0.4, -0.2) is 19.5 Å². The van der Waals surface area contributed by atoms with E-state index >= 15 is 0 Å². The lowest BCUT2D eigenvalue weighted by molar-refractivity contribution is 1.18. The van der Waals surface area contributed by atoms with Gasteiger partial charge in [0.05, 0.1) is 33.6 Å². The van der Waals surface area contributed by atoms with Crippen LogP contribution in [0.1, 0.15) is 0 Å². The number of pyridine rings is 1. The third-order valence-electron chi connectivity index (χ3n) is 11.8. The zero-order valence-electron chi connectivity index (χ0n) is 31.9. The first-order chi connectivity index (χ1) is 29.3. The summed E-state index contributed by atoms with van der Waals surface area (Å²) in [5.74, 6) is 0.694. The van der Waals surface area contributed by atoms with E-state index < -0.39 is 0 Å². The van der Waals surface area contributed by atoms with E-state index in [2.05, 4.69) is 211 Å². The van der Waals surface area contributed by atoms with Gasteiger partial charge in [-0.3, -0.25) is 0 Å². The Labute approximate surface area is 340 Å². The van der Waals surface area contributed by atoms with Crippen molar-refractivity contribution in [1.82, 2.24) is 19.5 Å². The molecule has 3 heterocycles. The maximum atomic E-state index is 5.42. The molecule has 4 nitrogen and oxygen atoms in total. The zero-order chi connectivity index (χ0) is 38.9. The molecule has 0 radical (unpaired) electrons. The van der Waals surface area contributed by atoms with Crippen molar-refractivity contribution < 1.29 is 0 Å². The summed E-state index contributed by atoms with van der Waals surface area (Å²) in [7, 11) is 0. The largest absolute Gasteiger partial charge is 0.309 e. The van der Waals surface area contributed by atoms with Gasteiger partial charge in [0.15, 0.2) is 5.82 Å². The second-order valence-electron chi connectivity index (χ2n) is 15.1. The number of rotatable bonds is 5. The number of hydrogen-bond acceptors (Lipinski definition) is 3. The molecule has 0 N–H and O–H groups in total. The lowest BCUT2D eigenvalue weighted by Gasteiger charge is -2.14. The SMILES string of the molecule is c1ccc(-n2c3ccccc3c3c4c(ccc32)c(-c2cccc(-c3cc(-c5cccc6ccccc56)nc(-c5cccc6ccccc56)n3)c2)nc2ccccc24)cc1. The minimum absolute atomic E-state index is 0.694. The molecule has 0 amide bonds. The van der Waals surface area contributed by atoms with Gasteiger partial charge < -0.3 is 4.57 Å². The topological polar surface area (TPSA) is 43.6 Å². The molecule has 0 unspecified atom stereocenters. The summed E-state index contributed by atoms with van der Waals surface area (Å²) in [5.41, 5.74) is 11.2. The van der Waals surface area contributed by atoms with Crippen molar-refractivity contribution in [2.45, 2.75) is 0 Å².